The number of nitrogens with two attached hydrogens (primary N) is 1. The van der Waals surface area contributed by atoms with E-state index in [1.54, 1.807) is 7.11 Å². The first-order valence-corrected chi connectivity index (χ1v) is 6.70. The summed E-state index contributed by atoms with van der Waals surface area (Å²) < 4.78 is 11.3. The molecule has 0 unspecified atom stereocenters. The standard InChI is InChI=1S/C17H21NO2/c1-12-5-4-6-13(2)15(12)11-20-16-8-7-14(10-18)9-17(16)19-3/h4-9H,10-11,18H2,1-3H3. The first kappa shape index (κ1) is 14.4. The Morgan fingerprint density at radius 2 is 1.70 bits per heavy atom. The third kappa shape index (κ3) is 3.11. The monoisotopic (exact) mass is 271 g/mol. The topological polar surface area (TPSA) is 44.5 Å². The van der Waals surface area contributed by atoms with Crippen molar-refractivity contribution in [3.05, 3.63) is 58.7 Å². The number of hydrogen-bond acceptors (Lipinski definition) is 3. The fraction of sp³-hybridized carbons (Fsp3) is 0.294. The van der Waals surface area contributed by atoms with Gasteiger partial charge in [0.25, 0.3) is 0 Å². The minimum Gasteiger partial charge on any atom is -0.493 e. The molecule has 0 aromatic heterocycles. The Morgan fingerprint density at radius 1 is 1.00 bits per heavy atom. The van der Waals surface area contributed by atoms with Gasteiger partial charge < -0.3 is 15.2 Å². The smallest absolute Gasteiger partial charge is 0.161 e. The highest BCUT2D eigenvalue weighted by molar-refractivity contribution is 5.43. The van der Waals surface area contributed by atoms with Crippen LogP contribution in [0.25, 0.3) is 0 Å². The van der Waals surface area contributed by atoms with Crippen molar-refractivity contribution in [2.24, 2.45) is 5.73 Å². The Kier molecular flexibility index (Phi) is 4.64. The van der Waals surface area contributed by atoms with Gasteiger partial charge in [-0.2, -0.15) is 0 Å². The summed E-state index contributed by atoms with van der Waals surface area (Å²) in [4.78, 5) is 0. The summed E-state index contributed by atoms with van der Waals surface area (Å²) >= 11 is 0. The molecule has 2 N–H and O–H groups in total. The zero-order valence-corrected chi connectivity index (χ0v) is 12.3. The lowest BCUT2D eigenvalue weighted by atomic mass is 10.0. The summed E-state index contributed by atoms with van der Waals surface area (Å²) in [7, 11) is 1.64. The number of rotatable bonds is 5. The van der Waals surface area contributed by atoms with E-state index in [0.29, 0.717) is 13.2 Å². The van der Waals surface area contributed by atoms with E-state index in [1.807, 2.05) is 18.2 Å². The summed E-state index contributed by atoms with van der Waals surface area (Å²) in [5, 5.41) is 0. The van der Waals surface area contributed by atoms with E-state index in [1.165, 1.54) is 16.7 Å². The van der Waals surface area contributed by atoms with Crippen LogP contribution in [0.4, 0.5) is 0 Å². The maximum atomic E-state index is 5.91. The molecule has 3 heteroatoms. The van der Waals surface area contributed by atoms with Gasteiger partial charge in [0, 0.05) is 6.54 Å². The molecule has 0 aliphatic rings. The molecule has 20 heavy (non-hydrogen) atoms. The lowest BCUT2D eigenvalue weighted by Crippen LogP contribution is -2.03. The Balaban J connectivity index is 2.19. The maximum absolute atomic E-state index is 5.91. The highest BCUT2D eigenvalue weighted by atomic mass is 16.5. The van der Waals surface area contributed by atoms with Crippen LogP contribution in [0, 0.1) is 13.8 Å². The molecule has 3 nitrogen and oxygen atoms in total. The molecule has 0 saturated carbocycles. The molecule has 0 aliphatic carbocycles. The average molecular weight is 271 g/mol. The van der Waals surface area contributed by atoms with Crippen molar-refractivity contribution in [3.8, 4) is 11.5 Å². The van der Waals surface area contributed by atoms with Crippen LogP contribution < -0.4 is 15.2 Å². The Labute approximate surface area is 120 Å². The van der Waals surface area contributed by atoms with E-state index >= 15 is 0 Å². The molecule has 0 heterocycles. The largest absolute Gasteiger partial charge is 0.493 e. The molecule has 0 bridgehead atoms. The molecular weight excluding hydrogens is 250 g/mol. The number of ether oxygens (including phenoxy) is 2. The number of aryl methyl sites for hydroxylation is 2. The molecule has 2 rings (SSSR count). The van der Waals surface area contributed by atoms with Crippen LogP contribution in [0.1, 0.15) is 22.3 Å². The van der Waals surface area contributed by atoms with Crippen LogP contribution in [0.5, 0.6) is 11.5 Å². The summed E-state index contributed by atoms with van der Waals surface area (Å²) in [6.07, 6.45) is 0. The van der Waals surface area contributed by atoms with Gasteiger partial charge in [-0.05, 0) is 48.2 Å². The number of methoxy groups -OCH3 is 1. The van der Waals surface area contributed by atoms with Gasteiger partial charge in [0.15, 0.2) is 11.5 Å². The highest BCUT2D eigenvalue weighted by Crippen LogP contribution is 2.29. The molecular formula is C17H21NO2. The van der Waals surface area contributed by atoms with Gasteiger partial charge in [-0.3, -0.25) is 0 Å². The molecule has 0 atom stereocenters. The second kappa shape index (κ2) is 6.44. The van der Waals surface area contributed by atoms with E-state index in [9.17, 15) is 0 Å². The first-order chi connectivity index (χ1) is 9.65. The number of benzene rings is 2. The van der Waals surface area contributed by atoms with Gasteiger partial charge in [0.2, 0.25) is 0 Å². The Morgan fingerprint density at radius 3 is 2.30 bits per heavy atom. The second-order valence-electron chi connectivity index (χ2n) is 4.85. The highest BCUT2D eigenvalue weighted by Gasteiger charge is 2.08. The van der Waals surface area contributed by atoms with E-state index in [2.05, 4.69) is 32.0 Å². The third-order valence-electron chi connectivity index (χ3n) is 3.48. The van der Waals surface area contributed by atoms with Crippen molar-refractivity contribution in [2.75, 3.05) is 7.11 Å². The van der Waals surface area contributed by atoms with Crippen LogP contribution in [0.2, 0.25) is 0 Å². The average Bonchev–Trinajstić information content (AvgIpc) is 2.46. The Bertz CT molecular complexity index is 573. The Hall–Kier alpha value is -2.00. The molecule has 0 aliphatic heterocycles. The van der Waals surface area contributed by atoms with Crippen molar-refractivity contribution >= 4 is 0 Å². The number of hydrogen-bond donors (Lipinski definition) is 1. The summed E-state index contributed by atoms with van der Waals surface area (Å²) in [6, 6.07) is 12.0. The SMILES string of the molecule is COc1cc(CN)ccc1OCc1c(C)cccc1C. The van der Waals surface area contributed by atoms with Gasteiger partial charge in [0.05, 0.1) is 7.11 Å². The summed E-state index contributed by atoms with van der Waals surface area (Å²) in [5.41, 5.74) is 10.4. The van der Waals surface area contributed by atoms with Crippen molar-refractivity contribution in [1.82, 2.24) is 0 Å². The fourth-order valence-corrected chi connectivity index (χ4v) is 2.18. The van der Waals surface area contributed by atoms with Crippen LogP contribution in [-0.2, 0) is 13.2 Å². The van der Waals surface area contributed by atoms with Gasteiger partial charge in [0.1, 0.15) is 6.61 Å². The van der Waals surface area contributed by atoms with E-state index in [0.717, 1.165) is 17.1 Å². The van der Waals surface area contributed by atoms with Gasteiger partial charge in [-0.1, -0.05) is 24.3 Å². The van der Waals surface area contributed by atoms with Crippen molar-refractivity contribution in [2.45, 2.75) is 27.0 Å². The minimum absolute atomic E-state index is 0.494. The molecule has 2 aromatic rings. The van der Waals surface area contributed by atoms with Crippen molar-refractivity contribution in [3.63, 3.8) is 0 Å². The zero-order valence-electron chi connectivity index (χ0n) is 12.3. The van der Waals surface area contributed by atoms with Crippen LogP contribution >= 0.6 is 0 Å². The zero-order chi connectivity index (χ0) is 14.5. The van der Waals surface area contributed by atoms with E-state index in [4.69, 9.17) is 15.2 Å². The molecule has 0 spiro atoms. The first-order valence-electron chi connectivity index (χ1n) is 6.70. The van der Waals surface area contributed by atoms with Crippen molar-refractivity contribution < 1.29 is 9.47 Å². The minimum atomic E-state index is 0.494. The lowest BCUT2D eigenvalue weighted by Gasteiger charge is -2.14. The van der Waals surface area contributed by atoms with Crippen LogP contribution in [0.15, 0.2) is 36.4 Å². The van der Waals surface area contributed by atoms with Gasteiger partial charge in [-0.15, -0.1) is 0 Å². The summed E-state index contributed by atoms with van der Waals surface area (Å²) in [5.74, 6) is 1.46. The lowest BCUT2D eigenvalue weighted by molar-refractivity contribution is 0.283. The van der Waals surface area contributed by atoms with E-state index < -0.39 is 0 Å². The van der Waals surface area contributed by atoms with Crippen molar-refractivity contribution in [1.29, 1.82) is 0 Å². The molecule has 2 aromatic carbocycles. The third-order valence-corrected chi connectivity index (χ3v) is 3.48. The molecule has 0 amide bonds. The molecule has 0 saturated heterocycles. The normalized spacial score (nSPS) is 10.4. The van der Waals surface area contributed by atoms with Gasteiger partial charge in [-0.25, -0.2) is 0 Å². The van der Waals surface area contributed by atoms with Crippen LogP contribution in [-0.4, -0.2) is 7.11 Å². The predicted molar refractivity (Wildman–Crippen MR) is 81.1 cm³/mol. The molecule has 0 radical (unpaired) electrons. The maximum Gasteiger partial charge on any atom is 0.161 e. The predicted octanol–water partition coefficient (Wildman–Crippen LogP) is 3.35. The van der Waals surface area contributed by atoms with Crippen LogP contribution in [0.3, 0.4) is 0 Å². The quantitative estimate of drug-likeness (QED) is 0.907. The summed E-state index contributed by atoms with van der Waals surface area (Å²) in [6.45, 7) is 5.23. The van der Waals surface area contributed by atoms with E-state index in [-0.39, 0.29) is 0 Å². The molecule has 106 valence electrons. The second-order valence-corrected chi connectivity index (χ2v) is 4.85. The fourth-order valence-electron chi connectivity index (χ4n) is 2.18. The van der Waals surface area contributed by atoms with Gasteiger partial charge >= 0.3 is 0 Å². The molecule has 0 fully saturated rings.